The van der Waals surface area contributed by atoms with Gasteiger partial charge in [0.25, 0.3) is 5.91 Å². The van der Waals surface area contributed by atoms with Crippen LogP contribution in [0.2, 0.25) is 5.02 Å². The molecular formula is C24H21ClFN5O. The number of anilines is 1. The Hall–Kier alpha value is -3.37. The lowest BCUT2D eigenvalue weighted by molar-refractivity contribution is -0.129. The van der Waals surface area contributed by atoms with Crippen LogP contribution in [-0.2, 0) is 17.8 Å². The fraction of sp³-hybridized carbons (Fsp3) is 0.292. The van der Waals surface area contributed by atoms with Crippen LogP contribution in [0.1, 0.15) is 17.5 Å². The summed E-state index contributed by atoms with van der Waals surface area (Å²) in [6.45, 7) is 1.16. The predicted molar refractivity (Wildman–Crippen MR) is 120 cm³/mol. The highest BCUT2D eigenvalue weighted by atomic mass is 35.5. The van der Waals surface area contributed by atoms with Crippen molar-refractivity contribution in [2.24, 2.45) is 0 Å². The Balaban J connectivity index is 1.38. The number of likely N-dealkylation sites (tertiary alicyclic amines) is 1. The number of aromatic nitrogens is 2. The number of carbonyl (C=O) groups is 1. The number of amides is 1. The van der Waals surface area contributed by atoms with Crippen LogP contribution in [0.3, 0.4) is 0 Å². The quantitative estimate of drug-likeness (QED) is 0.564. The van der Waals surface area contributed by atoms with Gasteiger partial charge in [-0.25, -0.2) is 4.39 Å². The summed E-state index contributed by atoms with van der Waals surface area (Å²) in [5.74, 6) is -0.547. The first-order chi connectivity index (χ1) is 15.5. The minimum atomic E-state index is -2.01. The van der Waals surface area contributed by atoms with E-state index in [4.69, 9.17) is 16.9 Å². The molecule has 0 aliphatic carbocycles. The van der Waals surface area contributed by atoms with Gasteiger partial charge < -0.3 is 9.80 Å². The van der Waals surface area contributed by atoms with Gasteiger partial charge >= 0.3 is 0 Å². The molecule has 2 aromatic carbocycles. The van der Waals surface area contributed by atoms with Crippen molar-refractivity contribution in [3.63, 3.8) is 0 Å². The highest BCUT2D eigenvalue weighted by Gasteiger charge is 2.48. The smallest absolute Gasteiger partial charge is 0.266 e. The Morgan fingerprint density at radius 3 is 2.75 bits per heavy atom. The minimum Gasteiger partial charge on any atom is -0.309 e. The summed E-state index contributed by atoms with van der Waals surface area (Å²) in [5, 5.41) is 14.2. The lowest BCUT2D eigenvalue weighted by atomic mass is 10.0. The minimum absolute atomic E-state index is 0.0488. The molecule has 0 bridgehead atoms. The lowest BCUT2D eigenvalue weighted by Gasteiger charge is -2.25. The van der Waals surface area contributed by atoms with Crippen LogP contribution in [0.25, 0.3) is 11.3 Å². The van der Waals surface area contributed by atoms with Crippen molar-refractivity contribution < 1.29 is 9.18 Å². The molecule has 0 N–H and O–H groups in total. The molecule has 0 saturated carbocycles. The van der Waals surface area contributed by atoms with Gasteiger partial charge in [-0.2, -0.15) is 10.4 Å². The van der Waals surface area contributed by atoms with Crippen molar-refractivity contribution in [3.05, 3.63) is 70.9 Å². The summed E-state index contributed by atoms with van der Waals surface area (Å²) in [5.41, 5.74) is 2.80. The van der Waals surface area contributed by atoms with Crippen molar-refractivity contribution in [1.29, 1.82) is 5.26 Å². The molecule has 2 aliphatic heterocycles. The molecular weight excluding hydrogens is 429 g/mol. The maximum absolute atomic E-state index is 15.3. The zero-order valence-corrected chi connectivity index (χ0v) is 18.1. The van der Waals surface area contributed by atoms with Crippen LogP contribution in [0, 0.1) is 11.5 Å². The maximum atomic E-state index is 15.3. The van der Waals surface area contributed by atoms with E-state index in [9.17, 15) is 4.79 Å². The maximum Gasteiger partial charge on any atom is 0.266 e. The predicted octanol–water partition coefficient (Wildman–Crippen LogP) is 4.04. The monoisotopic (exact) mass is 449 g/mol. The molecule has 2 aliphatic rings. The topological polar surface area (TPSA) is 65.2 Å². The molecule has 3 aromatic rings. The largest absolute Gasteiger partial charge is 0.309 e. The highest BCUT2D eigenvalue weighted by molar-refractivity contribution is 6.30. The molecule has 8 heteroatoms. The Bertz CT molecular complexity index is 1220. The molecule has 1 fully saturated rings. The van der Waals surface area contributed by atoms with E-state index in [0.29, 0.717) is 24.5 Å². The van der Waals surface area contributed by atoms with Crippen LogP contribution >= 0.6 is 11.6 Å². The van der Waals surface area contributed by atoms with E-state index in [-0.39, 0.29) is 19.5 Å². The molecule has 1 atom stereocenters. The highest BCUT2D eigenvalue weighted by Crippen LogP contribution is 2.36. The zero-order valence-electron chi connectivity index (χ0n) is 17.3. The third-order valence-electron chi connectivity index (χ3n) is 6.22. The second-order valence-electron chi connectivity index (χ2n) is 8.29. The van der Waals surface area contributed by atoms with E-state index in [0.717, 1.165) is 28.1 Å². The number of benzene rings is 2. The number of nitriles is 1. The van der Waals surface area contributed by atoms with Gasteiger partial charge in [0.2, 0.25) is 5.67 Å². The number of hydrogen-bond acceptors (Lipinski definition) is 4. The first-order valence-corrected chi connectivity index (χ1v) is 10.9. The summed E-state index contributed by atoms with van der Waals surface area (Å²) in [7, 11) is 0. The summed E-state index contributed by atoms with van der Waals surface area (Å²) < 4.78 is 17.2. The summed E-state index contributed by atoms with van der Waals surface area (Å²) in [4.78, 5) is 15.8. The molecule has 1 unspecified atom stereocenters. The molecule has 162 valence electrons. The number of nitrogens with zero attached hydrogens (tertiary/aromatic N) is 5. The molecule has 0 spiro atoms. The molecule has 1 aromatic heterocycles. The second-order valence-corrected chi connectivity index (χ2v) is 8.72. The fourth-order valence-electron chi connectivity index (χ4n) is 4.51. The first kappa shape index (κ1) is 20.5. The van der Waals surface area contributed by atoms with Crippen molar-refractivity contribution in [3.8, 4) is 17.5 Å². The van der Waals surface area contributed by atoms with E-state index in [1.165, 1.54) is 9.80 Å². The normalized spacial score (nSPS) is 19.8. The molecule has 5 rings (SSSR count). The second kappa shape index (κ2) is 7.95. The Morgan fingerprint density at radius 2 is 2.00 bits per heavy atom. The molecule has 0 radical (unpaired) electrons. The van der Waals surface area contributed by atoms with Crippen molar-refractivity contribution in [1.82, 2.24) is 14.7 Å². The average molecular weight is 450 g/mol. The number of carbonyl (C=O) groups excluding carboxylic acids is 1. The SMILES string of the molecule is N#CN1CCC(F)(C(=O)N2CCc3cc(-c4ccnn4Cc4ccc(Cl)cc4)ccc32)C1. The average Bonchev–Trinajstić information content (AvgIpc) is 3.53. The van der Waals surface area contributed by atoms with Crippen molar-refractivity contribution in [2.75, 3.05) is 24.5 Å². The third kappa shape index (κ3) is 3.61. The first-order valence-electron chi connectivity index (χ1n) is 10.5. The van der Waals surface area contributed by atoms with Crippen molar-refractivity contribution in [2.45, 2.75) is 25.1 Å². The zero-order chi connectivity index (χ0) is 22.3. The van der Waals surface area contributed by atoms with Crippen LogP contribution in [-0.4, -0.2) is 45.9 Å². The van der Waals surface area contributed by atoms with Crippen molar-refractivity contribution >= 4 is 23.2 Å². The fourth-order valence-corrected chi connectivity index (χ4v) is 4.64. The van der Waals surface area contributed by atoms with Crippen LogP contribution in [0.5, 0.6) is 0 Å². The van der Waals surface area contributed by atoms with E-state index in [1.54, 1.807) is 6.20 Å². The van der Waals surface area contributed by atoms with Gasteiger partial charge in [-0.1, -0.05) is 29.8 Å². The van der Waals surface area contributed by atoms with E-state index >= 15 is 4.39 Å². The summed E-state index contributed by atoms with van der Waals surface area (Å²) in [6, 6.07) is 15.5. The van der Waals surface area contributed by atoms with Gasteiger partial charge in [-0.3, -0.25) is 9.48 Å². The van der Waals surface area contributed by atoms with Gasteiger partial charge in [0.1, 0.15) is 0 Å². The number of hydrogen-bond donors (Lipinski definition) is 0. The molecule has 1 amide bonds. The van der Waals surface area contributed by atoms with E-state index < -0.39 is 11.6 Å². The standard InChI is InChI=1S/C24H21ClFN5O/c25-20-4-1-17(2-5-20)14-31-22(7-10-28-31)18-3-6-21-19(13-18)8-11-30(21)23(32)24(26)9-12-29(15-24)16-27/h1-7,10,13H,8-9,11-12,14-15H2. The summed E-state index contributed by atoms with van der Waals surface area (Å²) in [6.07, 6.45) is 4.42. The van der Waals surface area contributed by atoms with Gasteiger partial charge in [0.05, 0.1) is 18.8 Å². The van der Waals surface area contributed by atoms with E-state index in [1.807, 2.05) is 53.3 Å². The molecule has 6 nitrogen and oxygen atoms in total. The number of halogens is 2. The molecule has 3 heterocycles. The molecule has 32 heavy (non-hydrogen) atoms. The van der Waals surface area contributed by atoms with Gasteiger partial charge in [0, 0.05) is 42.0 Å². The third-order valence-corrected chi connectivity index (χ3v) is 6.47. The Labute approximate surface area is 190 Å². The number of rotatable bonds is 4. The number of alkyl halides is 1. The van der Waals surface area contributed by atoms with Crippen LogP contribution < -0.4 is 4.90 Å². The lowest BCUT2D eigenvalue weighted by Crippen LogP contribution is -2.47. The Morgan fingerprint density at radius 1 is 1.19 bits per heavy atom. The Kier molecular flexibility index (Phi) is 5.10. The summed E-state index contributed by atoms with van der Waals surface area (Å²) >= 11 is 5.98. The van der Waals surface area contributed by atoms with Gasteiger partial charge in [0.15, 0.2) is 6.19 Å². The molecule has 1 saturated heterocycles. The number of fused-ring (bicyclic) bond motifs is 1. The van der Waals surface area contributed by atoms with Crippen LogP contribution in [0.4, 0.5) is 10.1 Å². The van der Waals surface area contributed by atoms with E-state index in [2.05, 4.69) is 11.2 Å². The van der Waals surface area contributed by atoms with Gasteiger partial charge in [-0.15, -0.1) is 0 Å². The van der Waals surface area contributed by atoms with Crippen LogP contribution in [0.15, 0.2) is 54.7 Å². The van der Waals surface area contributed by atoms with Gasteiger partial charge in [-0.05, 0) is 47.9 Å².